The Labute approximate surface area is 169 Å². The summed E-state index contributed by atoms with van der Waals surface area (Å²) in [7, 11) is 1.40. The minimum Gasteiger partial charge on any atom is -0.465 e. The van der Waals surface area contributed by atoms with E-state index < -0.39 is 0 Å². The number of aromatic nitrogens is 1. The first-order valence-corrected chi connectivity index (χ1v) is 9.76. The number of piperazine rings is 1. The number of ether oxygens (including phenoxy) is 1. The summed E-state index contributed by atoms with van der Waals surface area (Å²) in [6.07, 6.45) is 0. The first-order valence-electron chi connectivity index (χ1n) is 9.76. The van der Waals surface area contributed by atoms with Gasteiger partial charge in [-0.15, -0.1) is 0 Å². The highest BCUT2D eigenvalue weighted by atomic mass is 19.1. The summed E-state index contributed by atoms with van der Waals surface area (Å²) >= 11 is 0. The number of halogens is 1. The molecule has 6 heteroatoms. The highest BCUT2D eigenvalue weighted by molar-refractivity contribution is 5.98. The third-order valence-corrected chi connectivity index (χ3v) is 5.55. The maximum atomic E-state index is 13.2. The quantitative estimate of drug-likeness (QED) is 0.631. The number of hydrogen-bond donors (Lipinski definition) is 0. The molecule has 1 fully saturated rings. The normalized spacial score (nSPS) is 14.9. The third-order valence-electron chi connectivity index (χ3n) is 5.55. The first-order chi connectivity index (χ1) is 14.1. The number of anilines is 1. The molecule has 0 bridgehead atoms. The van der Waals surface area contributed by atoms with Crippen molar-refractivity contribution in [2.75, 3.05) is 38.2 Å². The van der Waals surface area contributed by atoms with Gasteiger partial charge in [0.25, 0.3) is 0 Å². The zero-order valence-corrected chi connectivity index (χ0v) is 16.7. The van der Waals surface area contributed by atoms with Gasteiger partial charge >= 0.3 is 5.97 Å². The molecule has 1 aromatic heterocycles. The largest absolute Gasteiger partial charge is 0.465 e. The number of esters is 1. The Morgan fingerprint density at radius 1 is 1.07 bits per heavy atom. The molecule has 4 rings (SSSR count). The van der Waals surface area contributed by atoms with Gasteiger partial charge in [-0.05, 0) is 42.8 Å². The van der Waals surface area contributed by atoms with E-state index in [1.165, 1.54) is 19.2 Å². The van der Waals surface area contributed by atoms with E-state index in [4.69, 9.17) is 9.72 Å². The Balaban J connectivity index is 1.55. The molecule has 2 heterocycles. The van der Waals surface area contributed by atoms with Crippen molar-refractivity contribution in [2.24, 2.45) is 0 Å². The van der Waals surface area contributed by atoms with Crippen LogP contribution >= 0.6 is 0 Å². The van der Waals surface area contributed by atoms with E-state index in [2.05, 4.69) is 9.80 Å². The molecule has 2 aromatic carbocycles. The number of carbonyl (C=O) groups is 1. The van der Waals surface area contributed by atoms with Gasteiger partial charge in [0, 0.05) is 43.8 Å². The highest BCUT2D eigenvalue weighted by Crippen LogP contribution is 2.25. The van der Waals surface area contributed by atoms with Crippen LogP contribution < -0.4 is 4.90 Å². The Morgan fingerprint density at radius 2 is 1.76 bits per heavy atom. The van der Waals surface area contributed by atoms with Crippen LogP contribution in [0.1, 0.15) is 21.6 Å². The summed E-state index contributed by atoms with van der Waals surface area (Å²) in [4.78, 5) is 21.8. The number of fused-ring (bicyclic) bond motifs is 1. The number of carbonyl (C=O) groups excluding carboxylic acids is 1. The van der Waals surface area contributed by atoms with Gasteiger partial charge in [-0.1, -0.05) is 18.2 Å². The second-order valence-corrected chi connectivity index (χ2v) is 7.31. The molecular formula is C23H24FN3O2. The average molecular weight is 393 g/mol. The third kappa shape index (κ3) is 3.93. The SMILES string of the molecule is COC(=O)c1c(CN2CCN(c3ccc(F)cc3)CC2)nc2ccccc2c1C. The molecule has 0 spiro atoms. The standard InChI is InChI=1S/C23H24FN3O2/c1-16-19-5-3-4-6-20(19)25-21(22(16)23(28)29-2)15-26-11-13-27(14-12-26)18-9-7-17(24)8-10-18/h3-10H,11-15H2,1-2H3. The number of aryl methyl sites for hydroxylation is 1. The van der Waals surface area contributed by atoms with Crippen molar-refractivity contribution in [1.82, 2.24) is 9.88 Å². The lowest BCUT2D eigenvalue weighted by Gasteiger charge is -2.36. The predicted molar refractivity (Wildman–Crippen MR) is 112 cm³/mol. The van der Waals surface area contributed by atoms with Crippen LogP contribution in [0.4, 0.5) is 10.1 Å². The summed E-state index contributed by atoms with van der Waals surface area (Å²) in [5.74, 6) is -0.568. The Kier molecular flexibility index (Phi) is 5.45. The fourth-order valence-electron chi connectivity index (χ4n) is 3.96. The number of benzene rings is 2. The second kappa shape index (κ2) is 8.17. The van der Waals surface area contributed by atoms with Crippen LogP contribution in [0, 0.1) is 12.7 Å². The number of hydrogen-bond acceptors (Lipinski definition) is 5. The summed E-state index contributed by atoms with van der Waals surface area (Å²) < 4.78 is 18.2. The van der Waals surface area contributed by atoms with Crippen molar-refractivity contribution in [1.29, 1.82) is 0 Å². The van der Waals surface area contributed by atoms with Crippen LogP contribution in [-0.4, -0.2) is 49.1 Å². The minimum atomic E-state index is -0.347. The lowest BCUT2D eigenvalue weighted by Crippen LogP contribution is -2.46. The number of pyridine rings is 1. The van der Waals surface area contributed by atoms with E-state index in [9.17, 15) is 9.18 Å². The summed E-state index contributed by atoms with van der Waals surface area (Å²) in [5.41, 5.74) is 4.14. The predicted octanol–water partition coefficient (Wildman–Crippen LogP) is 3.79. The molecule has 0 radical (unpaired) electrons. The molecular weight excluding hydrogens is 369 g/mol. The van der Waals surface area contributed by atoms with Gasteiger partial charge in [-0.3, -0.25) is 9.88 Å². The maximum absolute atomic E-state index is 13.2. The number of para-hydroxylation sites is 1. The molecule has 29 heavy (non-hydrogen) atoms. The van der Waals surface area contributed by atoms with Crippen molar-refractivity contribution >= 4 is 22.6 Å². The zero-order valence-electron chi connectivity index (χ0n) is 16.7. The molecule has 1 aliphatic heterocycles. The van der Waals surface area contributed by atoms with Gasteiger partial charge < -0.3 is 9.64 Å². The van der Waals surface area contributed by atoms with E-state index in [0.29, 0.717) is 12.1 Å². The number of methoxy groups -OCH3 is 1. The van der Waals surface area contributed by atoms with Gasteiger partial charge in [0.15, 0.2) is 0 Å². The molecule has 3 aromatic rings. The van der Waals surface area contributed by atoms with Crippen LogP contribution in [0.25, 0.3) is 10.9 Å². The number of rotatable bonds is 4. The van der Waals surface area contributed by atoms with Gasteiger partial charge in [0.2, 0.25) is 0 Å². The lowest BCUT2D eigenvalue weighted by molar-refractivity contribution is 0.0596. The molecule has 0 aliphatic carbocycles. The van der Waals surface area contributed by atoms with Crippen molar-refractivity contribution < 1.29 is 13.9 Å². The second-order valence-electron chi connectivity index (χ2n) is 7.31. The first kappa shape index (κ1) is 19.3. The van der Waals surface area contributed by atoms with Crippen LogP contribution in [0.3, 0.4) is 0 Å². The minimum absolute atomic E-state index is 0.222. The maximum Gasteiger partial charge on any atom is 0.340 e. The van der Waals surface area contributed by atoms with Gasteiger partial charge in [0.05, 0.1) is 23.9 Å². The van der Waals surface area contributed by atoms with Crippen molar-refractivity contribution in [3.8, 4) is 0 Å². The summed E-state index contributed by atoms with van der Waals surface area (Å²) in [6, 6.07) is 14.5. The molecule has 1 aliphatic rings. The van der Waals surface area contributed by atoms with Crippen LogP contribution in [-0.2, 0) is 11.3 Å². The molecule has 0 atom stereocenters. The molecule has 0 amide bonds. The Hall–Kier alpha value is -2.99. The molecule has 1 saturated heterocycles. The van der Waals surface area contributed by atoms with E-state index in [0.717, 1.165) is 54.0 Å². The Morgan fingerprint density at radius 3 is 2.45 bits per heavy atom. The van der Waals surface area contributed by atoms with E-state index in [-0.39, 0.29) is 11.8 Å². The monoisotopic (exact) mass is 393 g/mol. The van der Waals surface area contributed by atoms with Gasteiger partial charge in [-0.2, -0.15) is 0 Å². The fraction of sp³-hybridized carbons (Fsp3) is 0.304. The zero-order chi connectivity index (χ0) is 20.4. The fourth-order valence-corrected chi connectivity index (χ4v) is 3.96. The van der Waals surface area contributed by atoms with Crippen LogP contribution in [0.5, 0.6) is 0 Å². The smallest absolute Gasteiger partial charge is 0.340 e. The van der Waals surface area contributed by atoms with E-state index in [1.54, 1.807) is 0 Å². The van der Waals surface area contributed by atoms with E-state index >= 15 is 0 Å². The Bertz CT molecular complexity index is 1030. The van der Waals surface area contributed by atoms with E-state index in [1.807, 2.05) is 43.3 Å². The van der Waals surface area contributed by atoms with Crippen LogP contribution in [0.2, 0.25) is 0 Å². The molecule has 0 unspecified atom stereocenters. The molecule has 5 nitrogen and oxygen atoms in total. The highest BCUT2D eigenvalue weighted by Gasteiger charge is 2.23. The average Bonchev–Trinajstić information content (AvgIpc) is 2.75. The number of nitrogens with zero attached hydrogens (tertiary/aromatic N) is 3. The van der Waals surface area contributed by atoms with Crippen molar-refractivity contribution in [3.05, 3.63) is 71.2 Å². The topological polar surface area (TPSA) is 45.7 Å². The van der Waals surface area contributed by atoms with Gasteiger partial charge in [0.1, 0.15) is 5.82 Å². The molecule has 150 valence electrons. The molecule has 0 N–H and O–H groups in total. The molecule has 0 saturated carbocycles. The summed E-state index contributed by atoms with van der Waals surface area (Å²) in [5, 5.41) is 0.970. The van der Waals surface area contributed by atoms with Crippen molar-refractivity contribution in [3.63, 3.8) is 0 Å². The summed E-state index contributed by atoms with van der Waals surface area (Å²) in [6.45, 7) is 5.90. The lowest BCUT2D eigenvalue weighted by atomic mass is 10.0. The van der Waals surface area contributed by atoms with Crippen molar-refractivity contribution in [2.45, 2.75) is 13.5 Å². The van der Waals surface area contributed by atoms with Crippen LogP contribution in [0.15, 0.2) is 48.5 Å². The van der Waals surface area contributed by atoms with Gasteiger partial charge in [-0.25, -0.2) is 9.18 Å².